The van der Waals surface area contributed by atoms with Crippen molar-refractivity contribution in [2.24, 2.45) is 0 Å². The van der Waals surface area contributed by atoms with Crippen LogP contribution in [-0.4, -0.2) is 9.97 Å². The molecule has 0 unspecified atom stereocenters. The zero-order valence-electron chi connectivity index (χ0n) is 12.6. The quantitative estimate of drug-likeness (QED) is 0.745. The molecule has 0 atom stereocenters. The highest BCUT2D eigenvalue weighted by molar-refractivity contribution is 5.83. The highest BCUT2D eigenvalue weighted by Gasteiger charge is 2.05. The lowest BCUT2D eigenvalue weighted by atomic mass is 10.1. The summed E-state index contributed by atoms with van der Waals surface area (Å²) in [6.07, 6.45) is 3.70. The molecule has 22 heavy (non-hydrogen) atoms. The van der Waals surface area contributed by atoms with E-state index in [4.69, 9.17) is 4.42 Å². The molecule has 3 rings (SSSR count). The van der Waals surface area contributed by atoms with Gasteiger partial charge >= 0.3 is 5.63 Å². The molecule has 0 spiro atoms. The molecule has 112 valence electrons. The van der Waals surface area contributed by atoms with Crippen molar-refractivity contribution in [2.45, 2.75) is 26.7 Å². The molecule has 0 saturated carbocycles. The van der Waals surface area contributed by atoms with Crippen LogP contribution in [0.5, 0.6) is 0 Å². The summed E-state index contributed by atoms with van der Waals surface area (Å²) in [4.78, 5) is 20.2. The Hall–Kier alpha value is -2.69. The number of hydrogen-bond acceptors (Lipinski definition) is 5. The number of nitrogens with one attached hydrogen (secondary N) is 1. The third-order valence-electron chi connectivity index (χ3n) is 3.43. The van der Waals surface area contributed by atoms with Crippen molar-refractivity contribution >= 4 is 22.6 Å². The minimum Gasteiger partial charge on any atom is -0.423 e. The summed E-state index contributed by atoms with van der Waals surface area (Å²) in [5.74, 6) is 0.542. The lowest BCUT2D eigenvalue weighted by molar-refractivity contribution is 0.560. The maximum atomic E-state index is 11.5. The summed E-state index contributed by atoms with van der Waals surface area (Å²) < 4.78 is 5.25. The molecule has 0 aliphatic rings. The molecular formula is C17H17N3O2. The second kappa shape index (κ2) is 5.97. The van der Waals surface area contributed by atoms with Crippen LogP contribution in [0, 0.1) is 6.92 Å². The van der Waals surface area contributed by atoms with Gasteiger partial charge < -0.3 is 9.73 Å². The maximum Gasteiger partial charge on any atom is 0.336 e. The van der Waals surface area contributed by atoms with Gasteiger partial charge in [-0.3, -0.25) is 0 Å². The summed E-state index contributed by atoms with van der Waals surface area (Å²) in [5.41, 5.74) is 2.90. The van der Waals surface area contributed by atoms with Crippen LogP contribution in [-0.2, 0) is 6.42 Å². The molecule has 0 amide bonds. The smallest absolute Gasteiger partial charge is 0.336 e. The molecule has 3 aromatic rings. The van der Waals surface area contributed by atoms with Gasteiger partial charge in [0.05, 0.1) is 0 Å². The second-order valence-electron chi connectivity index (χ2n) is 5.21. The first-order valence-corrected chi connectivity index (χ1v) is 7.29. The minimum atomic E-state index is -0.344. The predicted octanol–water partition coefficient (Wildman–Crippen LogP) is 3.59. The Labute approximate surface area is 128 Å². The first kappa shape index (κ1) is 14.3. The summed E-state index contributed by atoms with van der Waals surface area (Å²) in [6, 6.07) is 9.04. The minimum absolute atomic E-state index is 0.344. The standard InChI is InChI=1S/C17H17N3O2/c1-3-4-12-7-8-18-17(19-12)20-13-5-6-14-11(2)9-16(21)22-15(14)10-13/h5-10H,3-4H2,1-2H3,(H,18,19,20). The lowest BCUT2D eigenvalue weighted by Gasteiger charge is -2.07. The molecule has 2 heterocycles. The normalized spacial score (nSPS) is 10.8. The van der Waals surface area contributed by atoms with Gasteiger partial charge in [-0.2, -0.15) is 0 Å². The van der Waals surface area contributed by atoms with E-state index < -0.39 is 0 Å². The van der Waals surface area contributed by atoms with Crippen molar-refractivity contribution < 1.29 is 4.42 Å². The van der Waals surface area contributed by atoms with Crippen molar-refractivity contribution in [2.75, 3.05) is 5.32 Å². The molecule has 0 aliphatic heterocycles. The largest absolute Gasteiger partial charge is 0.423 e. The van der Waals surface area contributed by atoms with Crippen LogP contribution in [0.3, 0.4) is 0 Å². The fraction of sp³-hybridized carbons (Fsp3) is 0.235. The molecule has 0 saturated heterocycles. The van der Waals surface area contributed by atoms with E-state index >= 15 is 0 Å². The van der Waals surface area contributed by atoms with Gasteiger partial charge in [0, 0.05) is 35.1 Å². The van der Waals surface area contributed by atoms with Gasteiger partial charge in [0.15, 0.2) is 0 Å². The number of aryl methyl sites for hydroxylation is 2. The fourth-order valence-electron chi connectivity index (χ4n) is 2.38. The Morgan fingerprint density at radius 3 is 2.91 bits per heavy atom. The van der Waals surface area contributed by atoms with Crippen LogP contribution in [0.1, 0.15) is 24.6 Å². The van der Waals surface area contributed by atoms with E-state index in [1.165, 1.54) is 6.07 Å². The van der Waals surface area contributed by atoms with E-state index in [9.17, 15) is 4.79 Å². The Kier molecular flexibility index (Phi) is 3.87. The summed E-state index contributed by atoms with van der Waals surface area (Å²) in [6.45, 7) is 4.01. The van der Waals surface area contributed by atoms with Crippen molar-refractivity contribution in [3.05, 3.63) is 58.2 Å². The fourth-order valence-corrected chi connectivity index (χ4v) is 2.38. The molecule has 0 aliphatic carbocycles. The average Bonchev–Trinajstić information content (AvgIpc) is 2.47. The van der Waals surface area contributed by atoms with Gasteiger partial charge in [-0.1, -0.05) is 13.3 Å². The van der Waals surface area contributed by atoms with E-state index in [1.54, 1.807) is 12.3 Å². The summed E-state index contributed by atoms with van der Waals surface area (Å²) in [5, 5.41) is 4.07. The van der Waals surface area contributed by atoms with Crippen LogP contribution >= 0.6 is 0 Å². The van der Waals surface area contributed by atoms with E-state index in [1.807, 2.05) is 25.1 Å². The highest BCUT2D eigenvalue weighted by atomic mass is 16.4. The van der Waals surface area contributed by atoms with Crippen LogP contribution < -0.4 is 10.9 Å². The summed E-state index contributed by atoms with van der Waals surface area (Å²) in [7, 11) is 0. The summed E-state index contributed by atoms with van der Waals surface area (Å²) >= 11 is 0. The molecular weight excluding hydrogens is 278 g/mol. The van der Waals surface area contributed by atoms with Gasteiger partial charge in [0.25, 0.3) is 0 Å². The number of anilines is 2. The van der Waals surface area contributed by atoms with E-state index in [0.717, 1.165) is 35.2 Å². The van der Waals surface area contributed by atoms with Crippen molar-refractivity contribution in [1.82, 2.24) is 9.97 Å². The van der Waals surface area contributed by atoms with Crippen molar-refractivity contribution in [3.8, 4) is 0 Å². The van der Waals surface area contributed by atoms with Gasteiger partial charge in [-0.05, 0) is 37.1 Å². The molecule has 2 aromatic heterocycles. The maximum absolute atomic E-state index is 11.5. The van der Waals surface area contributed by atoms with Crippen LogP contribution in [0.25, 0.3) is 11.0 Å². The first-order chi connectivity index (χ1) is 10.7. The van der Waals surface area contributed by atoms with E-state index in [-0.39, 0.29) is 5.63 Å². The Morgan fingerprint density at radius 1 is 1.23 bits per heavy atom. The first-order valence-electron chi connectivity index (χ1n) is 7.29. The van der Waals surface area contributed by atoms with Gasteiger partial charge in [0.1, 0.15) is 5.58 Å². The SMILES string of the molecule is CCCc1ccnc(Nc2ccc3c(C)cc(=O)oc3c2)n1. The monoisotopic (exact) mass is 295 g/mol. The average molecular weight is 295 g/mol. The number of nitrogens with zero attached hydrogens (tertiary/aromatic N) is 2. The molecule has 1 aromatic carbocycles. The second-order valence-corrected chi connectivity index (χ2v) is 5.21. The molecule has 0 fully saturated rings. The van der Waals surface area contributed by atoms with Crippen LogP contribution in [0.2, 0.25) is 0 Å². The molecule has 5 heteroatoms. The molecule has 5 nitrogen and oxygen atoms in total. The van der Waals surface area contributed by atoms with Gasteiger partial charge in [-0.25, -0.2) is 14.8 Å². The van der Waals surface area contributed by atoms with Crippen molar-refractivity contribution in [1.29, 1.82) is 0 Å². The predicted molar refractivity (Wildman–Crippen MR) is 86.5 cm³/mol. The third kappa shape index (κ3) is 2.98. The lowest BCUT2D eigenvalue weighted by Crippen LogP contribution is -2.01. The Morgan fingerprint density at radius 2 is 2.09 bits per heavy atom. The number of rotatable bonds is 4. The Bertz CT molecular complexity index is 871. The zero-order valence-corrected chi connectivity index (χ0v) is 12.6. The topological polar surface area (TPSA) is 68.0 Å². The zero-order chi connectivity index (χ0) is 15.5. The van der Waals surface area contributed by atoms with Gasteiger partial charge in [-0.15, -0.1) is 0 Å². The third-order valence-corrected chi connectivity index (χ3v) is 3.43. The number of benzene rings is 1. The van der Waals surface area contributed by atoms with Crippen LogP contribution in [0.4, 0.5) is 11.6 Å². The Balaban J connectivity index is 1.94. The van der Waals surface area contributed by atoms with Crippen molar-refractivity contribution in [3.63, 3.8) is 0 Å². The number of fused-ring (bicyclic) bond motifs is 1. The molecule has 1 N–H and O–H groups in total. The number of hydrogen-bond donors (Lipinski definition) is 1. The highest BCUT2D eigenvalue weighted by Crippen LogP contribution is 2.22. The molecule has 0 bridgehead atoms. The van der Waals surface area contributed by atoms with E-state index in [0.29, 0.717) is 11.5 Å². The molecule has 0 radical (unpaired) electrons. The number of aromatic nitrogens is 2. The van der Waals surface area contributed by atoms with Crippen LogP contribution in [0.15, 0.2) is 45.7 Å². The van der Waals surface area contributed by atoms with Gasteiger partial charge in [0.2, 0.25) is 5.95 Å². The van der Waals surface area contributed by atoms with E-state index in [2.05, 4.69) is 22.2 Å².